The standard InChI is InChI=1S/C20H20ClF4N3O3/c1-10(13-5-4-12(7-14(13)22)20(23,24)25)6-17-26-16(21)8-18(27-17)28-15(11(2)30-3)9-31-19(28)29/h4-5,7-8,10-11,15H,6,9H2,1-3H3/t10-,11-,15-/m1/s1. The number of carbonyl (C=O) groups excluding carboxylic acids is 1. The van der Waals surface area contributed by atoms with Crippen LogP contribution in [0.25, 0.3) is 0 Å². The zero-order valence-corrected chi connectivity index (χ0v) is 17.7. The number of hydrogen-bond donors (Lipinski definition) is 0. The number of methoxy groups -OCH3 is 1. The number of rotatable bonds is 6. The van der Waals surface area contributed by atoms with Gasteiger partial charge in [0.05, 0.1) is 11.7 Å². The van der Waals surface area contributed by atoms with Crippen molar-refractivity contribution in [1.29, 1.82) is 0 Å². The molecule has 3 atom stereocenters. The predicted molar refractivity (Wildman–Crippen MR) is 105 cm³/mol. The number of alkyl halides is 3. The van der Waals surface area contributed by atoms with Crippen LogP contribution in [0.2, 0.25) is 5.15 Å². The van der Waals surface area contributed by atoms with Crippen molar-refractivity contribution in [1.82, 2.24) is 9.97 Å². The number of halogens is 5. The first-order chi connectivity index (χ1) is 14.5. The maximum absolute atomic E-state index is 14.3. The number of anilines is 1. The van der Waals surface area contributed by atoms with Crippen molar-refractivity contribution in [3.8, 4) is 0 Å². The maximum Gasteiger partial charge on any atom is 0.416 e. The SMILES string of the molecule is CO[C@H](C)[C@H]1COC(=O)N1c1cc(Cl)nc(C[C@@H](C)c2ccc(C(F)(F)F)cc2F)n1. The van der Waals surface area contributed by atoms with E-state index < -0.39 is 35.6 Å². The number of hydrogen-bond acceptors (Lipinski definition) is 5. The van der Waals surface area contributed by atoms with E-state index in [4.69, 9.17) is 21.1 Å². The number of cyclic esters (lactones) is 1. The van der Waals surface area contributed by atoms with Crippen molar-refractivity contribution < 1.29 is 31.8 Å². The second-order valence-electron chi connectivity index (χ2n) is 7.26. The third-order valence-electron chi connectivity index (χ3n) is 5.14. The molecule has 0 spiro atoms. The minimum atomic E-state index is -4.63. The first-order valence-electron chi connectivity index (χ1n) is 9.40. The lowest BCUT2D eigenvalue weighted by molar-refractivity contribution is -0.137. The minimum Gasteiger partial charge on any atom is -0.447 e. The summed E-state index contributed by atoms with van der Waals surface area (Å²) in [6.45, 7) is 3.52. The van der Waals surface area contributed by atoms with Gasteiger partial charge in [-0.2, -0.15) is 13.2 Å². The van der Waals surface area contributed by atoms with E-state index in [1.165, 1.54) is 18.1 Å². The first-order valence-corrected chi connectivity index (χ1v) is 9.78. The predicted octanol–water partition coefficient (Wildman–Crippen LogP) is 4.99. The van der Waals surface area contributed by atoms with Crippen LogP contribution < -0.4 is 4.90 Å². The van der Waals surface area contributed by atoms with Gasteiger partial charge in [0.1, 0.15) is 35.3 Å². The van der Waals surface area contributed by atoms with Gasteiger partial charge in [-0.3, -0.25) is 4.90 Å². The Kier molecular flexibility index (Phi) is 6.70. The molecule has 1 saturated heterocycles. The highest BCUT2D eigenvalue weighted by Gasteiger charge is 2.39. The van der Waals surface area contributed by atoms with Gasteiger partial charge in [0.15, 0.2) is 0 Å². The van der Waals surface area contributed by atoms with E-state index >= 15 is 0 Å². The minimum absolute atomic E-state index is 0.0589. The highest BCUT2D eigenvalue weighted by molar-refractivity contribution is 6.29. The van der Waals surface area contributed by atoms with Crippen molar-refractivity contribution >= 4 is 23.5 Å². The normalized spacial score (nSPS) is 18.8. The number of nitrogens with zero attached hydrogens (tertiary/aromatic N) is 3. The van der Waals surface area contributed by atoms with Crippen LogP contribution in [-0.2, 0) is 22.1 Å². The highest BCUT2D eigenvalue weighted by Crippen LogP contribution is 2.33. The van der Waals surface area contributed by atoms with Gasteiger partial charge in [-0.05, 0) is 30.5 Å². The number of ether oxygens (including phenoxy) is 2. The summed E-state index contributed by atoms with van der Waals surface area (Å²) in [5.74, 6) is -1.11. The van der Waals surface area contributed by atoms with Gasteiger partial charge in [-0.1, -0.05) is 24.6 Å². The van der Waals surface area contributed by atoms with Crippen molar-refractivity contribution in [2.75, 3.05) is 18.6 Å². The Bertz CT molecular complexity index is 973. The molecule has 168 valence electrons. The smallest absolute Gasteiger partial charge is 0.416 e. The van der Waals surface area contributed by atoms with E-state index in [0.29, 0.717) is 6.07 Å². The lowest BCUT2D eigenvalue weighted by atomic mass is 9.95. The summed E-state index contributed by atoms with van der Waals surface area (Å²) in [5.41, 5.74) is -0.974. The zero-order chi connectivity index (χ0) is 22.9. The summed E-state index contributed by atoms with van der Waals surface area (Å²) in [6, 6.07) is 3.36. The lowest BCUT2D eigenvalue weighted by Crippen LogP contribution is -2.42. The molecule has 1 aromatic heterocycles. The Balaban J connectivity index is 1.86. The second-order valence-corrected chi connectivity index (χ2v) is 7.65. The van der Waals surface area contributed by atoms with Crippen molar-refractivity contribution in [3.63, 3.8) is 0 Å². The third kappa shape index (κ3) is 5.07. The number of benzene rings is 1. The van der Waals surface area contributed by atoms with E-state index in [9.17, 15) is 22.4 Å². The molecule has 31 heavy (non-hydrogen) atoms. The third-order valence-corrected chi connectivity index (χ3v) is 5.34. The Morgan fingerprint density at radius 3 is 2.61 bits per heavy atom. The van der Waals surface area contributed by atoms with E-state index in [0.717, 1.165) is 12.1 Å². The van der Waals surface area contributed by atoms with Crippen LogP contribution in [0.15, 0.2) is 24.3 Å². The molecule has 6 nitrogen and oxygen atoms in total. The van der Waals surface area contributed by atoms with E-state index in [2.05, 4.69) is 9.97 Å². The average molecular weight is 462 g/mol. The van der Waals surface area contributed by atoms with Crippen LogP contribution >= 0.6 is 11.6 Å². The van der Waals surface area contributed by atoms with Gasteiger partial charge in [0, 0.05) is 19.6 Å². The molecule has 0 aliphatic carbocycles. The van der Waals surface area contributed by atoms with Crippen LogP contribution in [0.5, 0.6) is 0 Å². The monoisotopic (exact) mass is 461 g/mol. The summed E-state index contributed by atoms with van der Waals surface area (Å²) in [7, 11) is 1.50. The molecule has 1 amide bonds. The molecule has 0 N–H and O–H groups in total. The number of aromatic nitrogens is 2. The van der Waals surface area contributed by atoms with Gasteiger partial charge >= 0.3 is 12.3 Å². The summed E-state index contributed by atoms with van der Waals surface area (Å²) in [6.07, 6.45) is -5.50. The molecule has 2 heterocycles. The fourth-order valence-electron chi connectivity index (χ4n) is 3.36. The topological polar surface area (TPSA) is 64.6 Å². The molecule has 3 rings (SSSR count). The quantitative estimate of drug-likeness (QED) is 0.448. The second kappa shape index (κ2) is 8.96. The van der Waals surface area contributed by atoms with Gasteiger partial charge in [-0.25, -0.2) is 19.2 Å². The Morgan fingerprint density at radius 1 is 1.29 bits per heavy atom. The van der Waals surface area contributed by atoms with E-state index in [1.807, 2.05) is 0 Å². The summed E-state index contributed by atoms with van der Waals surface area (Å²) >= 11 is 6.11. The van der Waals surface area contributed by atoms with Gasteiger partial charge in [0.25, 0.3) is 0 Å². The van der Waals surface area contributed by atoms with Crippen LogP contribution in [0.1, 0.15) is 36.7 Å². The summed E-state index contributed by atoms with van der Waals surface area (Å²) in [5, 5.41) is 0.0589. The molecule has 1 aromatic carbocycles. The van der Waals surface area contributed by atoms with Crippen LogP contribution in [-0.4, -0.2) is 41.9 Å². The highest BCUT2D eigenvalue weighted by atomic mass is 35.5. The zero-order valence-electron chi connectivity index (χ0n) is 16.9. The van der Waals surface area contributed by atoms with Crippen molar-refractivity contribution in [2.24, 2.45) is 0 Å². The lowest BCUT2D eigenvalue weighted by Gasteiger charge is -2.25. The van der Waals surface area contributed by atoms with Crippen LogP contribution in [0.4, 0.5) is 28.2 Å². The molecule has 0 radical (unpaired) electrons. The Hall–Kier alpha value is -2.46. The molecule has 1 aliphatic rings. The van der Waals surface area contributed by atoms with Gasteiger partial charge in [-0.15, -0.1) is 0 Å². The average Bonchev–Trinajstić information content (AvgIpc) is 3.07. The molecular weight excluding hydrogens is 442 g/mol. The summed E-state index contributed by atoms with van der Waals surface area (Å²) < 4.78 is 63.0. The molecule has 0 unspecified atom stereocenters. The van der Waals surface area contributed by atoms with E-state index in [-0.39, 0.29) is 41.5 Å². The largest absolute Gasteiger partial charge is 0.447 e. The molecular formula is C20H20ClF4N3O3. The Morgan fingerprint density at radius 2 is 2.00 bits per heavy atom. The molecule has 2 aromatic rings. The first kappa shape index (κ1) is 23.2. The summed E-state index contributed by atoms with van der Waals surface area (Å²) in [4.78, 5) is 22.0. The molecule has 11 heteroatoms. The fraction of sp³-hybridized carbons (Fsp3) is 0.450. The number of carbonyl (C=O) groups is 1. The van der Waals surface area contributed by atoms with Gasteiger partial charge < -0.3 is 9.47 Å². The number of amides is 1. The molecule has 1 aliphatic heterocycles. The fourth-order valence-corrected chi connectivity index (χ4v) is 3.55. The van der Waals surface area contributed by atoms with Gasteiger partial charge in [0.2, 0.25) is 0 Å². The van der Waals surface area contributed by atoms with Crippen molar-refractivity contribution in [3.05, 3.63) is 52.2 Å². The maximum atomic E-state index is 14.3. The molecule has 0 saturated carbocycles. The molecule has 0 bridgehead atoms. The Labute approximate surface area is 181 Å². The van der Waals surface area contributed by atoms with E-state index in [1.54, 1.807) is 13.8 Å². The van der Waals surface area contributed by atoms with Crippen molar-refractivity contribution in [2.45, 2.75) is 44.5 Å². The van der Waals surface area contributed by atoms with Crippen LogP contribution in [0, 0.1) is 5.82 Å². The molecule has 1 fully saturated rings. The van der Waals surface area contributed by atoms with Crippen LogP contribution in [0.3, 0.4) is 0 Å².